The van der Waals surface area contributed by atoms with E-state index in [2.05, 4.69) is 55.6 Å². The van der Waals surface area contributed by atoms with E-state index in [0.29, 0.717) is 19.4 Å². The van der Waals surface area contributed by atoms with Gasteiger partial charge in [-0.3, -0.25) is 9.59 Å². The molecule has 0 saturated carbocycles. The largest absolute Gasteiger partial charge is 0.466 e. The number of aliphatic hydroxyl groups is 5. The Kier molecular flexibility index (Phi) is 61.9. The van der Waals surface area contributed by atoms with Crippen molar-refractivity contribution in [1.29, 1.82) is 0 Å². The summed E-state index contributed by atoms with van der Waals surface area (Å²) in [6.07, 6.45) is 75.5. The lowest BCUT2D eigenvalue weighted by Gasteiger charge is -2.40. The van der Waals surface area contributed by atoms with Crippen LogP contribution in [0.15, 0.2) is 48.6 Å². The normalized spacial score (nSPS) is 18.1. The van der Waals surface area contributed by atoms with Crippen molar-refractivity contribution in [2.45, 2.75) is 403 Å². The van der Waals surface area contributed by atoms with Gasteiger partial charge in [0.25, 0.3) is 0 Å². The van der Waals surface area contributed by atoms with Gasteiger partial charge in [-0.15, -0.1) is 0 Å². The number of nitrogens with one attached hydrogen (secondary N) is 1. The second kappa shape index (κ2) is 65.1. The van der Waals surface area contributed by atoms with E-state index >= 15 is 0 Å². The maximum atomic E-state index is 13.1. The lowest BCUT2D eigenvalue weighted by molar-refractivity contribution is -0.302. The third kappa shape index (κ3) is 53.9. The fourth-order valence-corrected chi connectivity index (χ4v) is 11.8. The minimum absolute atomic E-state index is 0.0000317. The zero-order chi connectivity index (χ0) is 63.0. The molecule has 87 heavy (non-hydrogen) atoms. The number of aliphatic hydroxyl groups excluding tert-OH is 5. The molecule has 1 aliphatic rings. The minimum atomic E-state index is -1.57. The van der Waals surface area contributed by atoms with Crippen LogP contribution >= 0.6 is 0 Å². The van der Waals surface area contributed by atoms with Crippen LogP contribution in [0.2, 0.25) is 0 Å². The molecule has 510 valence electrons. The third-order valence-corrected chi connectivity index (χ3v) is 17.7. The number of hydrogen-bond acceptors (Lipinski definition) is 10. The molecule has 11 heteroatoms. The highest BCUT2D eigenvalue weighted by Crippen LogP contribution is 2.23. The summed E-state index contributed by atoms with van der Waals surface area (Å²) >= 11 is 0. The number of amides is 1. The van der Waals surface area contributed by atoms with Gasteiger partial charge in [0.05, 0.1) is 32.0 Å². The monoisotopic (exact) mass is 1230 g/mol. The number of esters is 1. The predicted octanol–water partition coefficient (Wildman–Crippen LogP) is 19.5. The number of allylic oxidation sites excluding steroid dienone is 7. The topological polar surface area (TPSA) is 175 Å². The molecule has 0 aromatic carbocycles. The summed E-state index contributed by atoms with van der Waals surface area (Å²) in [6, 6.07) is -0.808. The second-order valence-electron chi connectivity index (χ2n) is 26.0. The van der Waals surface area contributed by atoms with E-state index in [1.54, 1.807) is 6.08 Å². The number of unbranched alkanes of at least 4 members (excludes halogenated alkanes) is 46. The molecule has 0 aliphatic carbocycles. The average molecular weight is 1230 g/mol. The minimum Gasteiger partial charge on any atom is -0.466 e. The van der Waals surface area contributed by atoms with Crippen molar-refractivity contribution >= 4 is 11.9 Å². The van der Waals surface area contributed by atoms with Crippen LogP contribution in [-0.2, 0) is 23.8 Å². The molecule has 7 unspecified atom stereocenters. The van der Waals surface area contributed by atoms with Gasteiger partial charge in [0, 0.05) is 12.8 Å². The maximum Gasteiger partial charge on any atom is 0.305 e. The first-order chi connectivity index (χ1) is 42.7. The molecule has 1 fully saturated rings. The zero-order valence-electron chi connectivity index (χ0n) is 56.7. The van der Waals surface area contributed by atoms with E-state index < -0.39 is 49.5 Å². The third-order valence-electron chi connectivity index (χ3n) is 17.7. The summed E-state index contributed by atoms with van der Waals surface area (Å²) in [5.41, 5.74) is 0. The zero-order valence-corrected chi connectivity index (χ0v) is 56.7. The van der Waals surface area contributed by atoms with E-state index in [1.807, 2.05) is 6.08 Å². The molecule has 11 nitrogen and oxygen atoms in total. The lowest BCUT2D eigenvalue weighted by atomic mass is 9.99. The van der Waals surface area contributed by atoms with Crippen molar-refractivity contribution in [3.05, 3.63) is 48.6 Å². The Hall–Kier alpha value is -2.38. The summed E-state index contributed by atoms with van der Waals surface area (Å²) in [6.45, 7) is 4.34. The molecule has 1 aliphatic heterocycles. The van der Waals surface area contributed by atoms with Crippen LogP contribution in [0.25, 0.3) is 0 Å². The van der Waals surface area contributed by atoms with E-state index in [0.717, 1.165) is 64.2 Å². The van der Waals surface area contributed by atoms with Gasteiger partial charge >= 0.3 is 5.97 Å². The van der Waals surface area contributed by atoms with Crippen LogP contribution in [0.5, 0.6) is 0 Å². The molecular weight excluding hydrogens is 1090 g/mol. The van der Waals surface area contributed by atoms with E-state index in [1.165, 1.54) is 270 Å². The van der Waals surface area contributed by atoms with Crippen LogP contribution in [0.4, 0.5) is 0 Å². The van der Waals surface area contributed by atoms with Crippen molar-refractivity contribution in [3.8, 4) is 0 Å². The number of rotatable bonds is 66. The Morgan fingerprint density at radius 1 is 0.425 bits per heavy atom. The molecule has 1 heterocycles. The summed E-state index contributed by atoms with van der Waals surface area (Å²) < 4.78 is 16.7. The molecule has 6 N–H and O–H groups in total. The number of carbonyl (C=O) groups is 2. The van der Waals surface area contributed by atoms with Gasteiger partial charge in [0.2, 0.25) is 5.91 Å². The molecule has 0 spiro atoms. The van der Waals surface area contributed by atoms with Crippen LogP contribution in [0.3, 0.4) is 0 Å². The van der Waals surface area contributed by atoms with Crippen LogP contribution < -0.4 is 5.32 Å². The number of ether oxygens (including phenoxy) is 3. The first-order valence-corrected chi connectivity index (χ1v) is 37.4. The van der Waals surface area contributed by atoms with Crippen molar-refractivity contribution in [2.24, 2.45) is 0 Å². The highest BCUT2D eigenvalue weighted by atomic mass is 16.7. The molecule has 0 bridgehead atoms. The molecule has 0 radical (unpaired) electrons. The maximum absolute atomic E-state index is 13.1. The fraction of sp³-hybridized carbons (Fsp3) is 0.868. The Morgan fingerprint density at radius 3 is 1.20 bits per heavy atom. The Labute approximate surface area is 536 Å². The fourth-order valence-electron chi connectivity index (χ4n) is 11.8. The first kappa shape index (κ1) is 82.6. The predicted molar refractivity (Wildman–Crippen MR) is 366 cm³/mol. The second-order valence-corrected chi connectivity index (χ2v) is 26.0. The average Bonchev–Trinajstić information content (AvgIpc) is 3.64. The molecule has 1 saturated heterocycles. The number of hydrogen-bond donors (Lipinski definition) is 6. The standard InChI is InChI=1S/C76H141NO10/c1-3-5-7-9-11-13-15-42-46-50-54-58-62-69(79)68(67-86-76-75(84)74(83)73(82)70(66-78)87-76)77-71(80)63-59-55-51-47-43-40-38-36-34-32-30-28-26-24-22-20-18-17-19-21-23-25-27-29-31-33-35-37-39-41-45-49-53-57-61-65-85-72(81)64-60-56-52-48-44-16-14-12-10-8-6-4-2/h12,14,19,21,25,27,58,62,68-70,73-76,78-79,82-84H,3-11,13,15-18,20,22-24,26,28-57,59-61,63-67H2,1-2H3,(H,77,80)/b14-12-,21-19-,27-25-,62-58+. The van der Waals surface area contributed by atoms with E-state index in [-0.39, 0.29) is 18.5 Å². The summed E-state index contributed by atoms with van der Waals surface area (Å²) in [5.74, 6) is -0.178. The molecule has 0 aromatic rings. The quantitative estimate of drug-likeness (QED) is 0.0195. The molecule has 1 rings (SSSR count). The number of carbonyl (C=O) groups excluding carboxylic acids is 2. The molecule has 1 amide bonds. The van der Waals surface area contributed by atoms with Crippen LogP contribution in [0.1, 0.15) is 361 Å². The SMILES string of the molecule is CCCCC/C=C\CCCCCCCC(=O)OCCCCCCCCCCCCC/C=C\C/C=C\CCCCCCCCCCCCCCCCCCCC(=O)NC(COC1OC(CO)C(O)C(O)C1O)C(O)/C=C/CCCCCCCCCCCC. The van der Waals surface area contributed by atoms with Crippen molar-refractivity contribution in [3.63, 3.8) is 0 Å². The van der Waals surface area contributed by atoms with Crippen LogP contribution in [-0.4, -0.2) is 100 Å². The van der Waals surface area contributed by atoms with Gasteiger partial charge in [-0.05, 0) is 89.9 Å². The van der Waals surface area contributed by atoms with Gasteiger partial charge in [-0.25, -0.2) is 0 Å². The van der Waals surface area contributed by atoms with Crippen LogP contribution in [0, 0.1) is 0 Å². The van der Waals surface area contributed by atoms with Gasteiger partial charge in [0.1, 0.15) is 24.4 Å². The Bertz CT molecular complexity index is 1580. The Balaban J connectivity index is 1.94. The molecular formula is C76H141NO10. The van der Waals surface area contributed by atoms with Gasteiger partial charge in [-0.1, -0.05) is 306 Å². The lowest BCUT2D eigenvalue weighted by Crippen LogP contribution is -2.60. The summed E-state index contributed by atoms with van der Waals surface area (Å²) in [5, 5.41) is 54.5. The van der Waals surface area contributed by atoms with Gasteiger partial charge in [0.15, 0.2) is 6.29 Å². The van der Waals surface area contributed by atoms with Gasteiger partial charge < -0.3 is 45.1 Å². The van der Waals surface area contributed by atoms with Crippen molar-refractivity contribution < 1.29 is 49.3 Å². The van der Waals surface area contributed by atoms with Crippen molar-refractivity contribution in [1.82, 2.24) is 5.32 Å². The smallest absolute Gasteiger partial charge is 0.305 e. The van der Waals surface area contributed by atoms with E-state index in [9.17, 15) is 35.1 Å². The summed E-state index contributed by atoms with van der Waals surface area (Å²) in [4.78, 5) is 25.1. The Morgan fingerprint density at radius 2 is 0.770 bits per heavy atom. The molecule has 7 atom stereocenters. The highest BCUT2D eigenvalue weighted by molar-refractivity contribution is 5.76. The van der Waals surface area contributed by atoms with Crippen molar-refractivity contribution in [2.75, 3.05) is 19.8 Å². The van der Waals surface area contributed by atoms with Gasteiger partial charge in [-0.2, -0.15) is 0 Å². The summed E-state index contributed by atoms with van der Waals surface area (Å²) in [7, 11) is 0. The molecule has 0 aromatic heterocycles. The highest BCUT2D eigenvalue weighted by Gasteiger charge is 2.44. The first-order valence-electron chi connectivity index (χ1n) is 37.4. The van der Waals surface area contributed by atoms with E-state index in [4.69, 9.17) is 14.2 Å².